The maximum Gasteiger partial charge on any atom is 0.407 e. The number of rotatable bonds is 3. The molecule has 0 aromatic carbocycles. The summed E-state index contributed by atoms with van der Waals surface area (Å²) in [6.45, 7) is 0.978. The number of anilines is 1. The number of ether oxygens (including phenoxy) is 1. The maximum atomic E-state index is 10.8. The maximum absolute atomic E-state index is 10.8. The van der Waals surface area contributed by atoms with Crippen LogP contribution in [0.4, 0.5) is 10.7 Å². The molecule has 0 bridgehead atoms. The summed E-state index contributed by atoms with van der Waals surface area (Å²) in [6.07, 6.45) is 0.499. The zero-order valence-corrected chi connectivity index (χ0v) is 11.1. The minimum atomic E-state index is -0.886. The highest BCUT2D eigenvalue weighted by molar-refractivity contribution is 6.28. The van der Waals surface area contributed by atoms with Crippen molar-refractivity contribution in [2.75, 3.05) is 25.5 Å². The van der Waals surface area contributed by atoms with Crippen molar-refractivity contribution in [1.82, 2.24) is 19.9 Å². The van der Waals surface area contributed by atoms with Crippen LogP contribution in [0.2, 0.25) is 5.28 Å². The van der Waals surface area contributed by atoms with Crippen LogP contribution in [0.25, 0.3) is 0 Å². The van der Waals surface area contributed by atoms with Crippen LogP contribution in [0.1, 0.15) is 12.8 Å². The molecular weight excluding hydrogens is 274 g/mol. The lowest BCUT2D eigenvalue weighted by atomic mass is 10.1. The molecule has 1 aliphatic heterocycles. The number of halogens is 1. The molecule has 1 saturated heterocycles. The van der Waals surface area contributed by atoms with Crippen LogP contribution in [0.3, 0.4) is 0 Å². The predicted octanol–water partition coefficient (Wildman–Crippen LogP) is 1.09. The summed E-state index contributed by atoms with van der Waals surface area (Å²) in [4.78, 5) is 23.9. The van der Waals surface area contributed by atoms with E-state index in [1.165, 1.54) is 12.0 Å². The largest absolute Gasteiger partial charge is 0.467 e. The molecule has 8 nitrogen and oxygen atoms in total. The fourth-order valence-electron chi connectivity index (χ4n) is 1.89. The van der Waals surface area contributed by atoms with Gasteiger partial charge < -0.3 is 20.1 Å². The quantitative estimate of drug-likeness (QED) is 0.858. The van der Waals surface area contributed by atoms with E-state index in [2.05, 4.69) is 20.3 Å². The molecule has 9 heteroatoms. The number of nitrogens with one attached hydrogen (secondary N) is 1. The molecule has 2 heterocycles. The van der Waals surface area contributed by atoms with Crippen molar-refractivity contribution in [3.05, 3.63) is 5.28 Å². The molecule has 19 heavy (non-hydrogen) atoms. The Morgan fingerprint density at radius 2 is 2.11 bits per heavy atom. The Morgan fingerprint density at radius 1 is 1.42 bits per heavy atom. The first-order valence-electron chi connectivity index (χ1n) is 5.78. The number of carboxylic acid groups (broad SMARTS) is 1. The van der Waals surface area contributed by atoms with Crippen LogP contribution in [-0.4, -0.2) is 57.3 Å². The molecule has 1 amide bonds. The third-order valence-corrected chi connectivity index (χ3v) is 3.04. The van der Waals surface area contributed by atoms with E-state index in [4.69, 9.17) is 21.4 Å². The Labute approximate surface area is 114 Å². The molecule has 2 rings (SSSR count). The van der Waals surface area contributed by atoms with Gasteiger partial charge in [0.25, 0.3) is 0 Å². The Balaban J connectivity index is 1.95. The van der Waals surface area contributed by atoms with Crippen molar-refractivity contribution in [1.29, 1.82) is 0 Å². The van der Waals surface area contributed by atoms with Gasteiger partial charge in [0.2, 0.25) is 11.2 Å². The van der Waals surface area contributed by atoms with Crippen molar-refractivity contribution < 1.29 is 14.6 Å². The van der Waals surface area contributed by atoms with Gasteiger partial charge in [-0.05, 0) is 24.4 Å². The van der Waals surface area contributed by atoms with Crippen LogP contribution in [0.5, 0.6) is 6.01 Å². The van der Waals surface area contributed by atoms with Gasteiger partial charge in [-0.1, -0.05) is 0 Å². The number of nitrogens with zero attached hydrogens (tertiary/aromatic N) is 4. The number of methoxy groups -OCH3 is 1. The molecule has 1 aromatic heterocycles. The molecule has 0 saturated carbocycles. The molecule has 0 unspecified atom stereocenters. The summed E-state index contributed by atoms with van der Waals surface area (Å²) in [5.41, 5.74) is 0. The SMILES string of the molecule is COc1nc(Cl)nc(NC2CCN(C(=O)O)CC2)n1. The van der Waals surface area contributed by atoms with Gasteiger partial charge in [0.1, 0.15) is 0 Å². The monoisotopic (exact) mass is 287 g/mol. The van der Waals surface area contributed by atoms with E-state index < -0.39 is 6.09 Å². The molecule has 0 atom stereocenters. The number of piperidine rings is 1. The third-order valence-electron chi connectivity index (χ3n) is 2.87. The summed E-state index contributed by atoms with van der Waals surface area (Å²) < 4.78 is 4.90. The zero-order chi connectivity index (χ0) is 13.8. The van der Waals surface area contributed by atoms with Gasteiger partial charge in [-0.15, -0.1) is 0 Å². The molecule has 0 aliphatic carbocycles. The summed E-state index contributed by atoms with van der Waals surface area (Å²) >= 11 is 5.74. The zero-order valence-electron chi connectivity index (χ0n) is 10.3. The summed E-state index contributed by atoms with van der Waals surface area (Å²) in [5, 5.41) is 12.0. The molecule has 0 spiro atoms. The minimum absolute atomic E-state index is 0.0531. The molecular formula is C10H14ClN5O3. The average Bonchev–Trinajstić information content (AvgIpc) is 2.38. The standard InChI is InChI=1S/C10H14ClN5O3/c1-19-9-14-7(11)13-8(15-9)12-6-2-4-16(5-3-6)10(17)18/h6H,2-5H2,1H3,(H,17,18)(H,12,13,14,15). The van der Waals surface area contributed by atoms with E-state index in [0.717, 1.165) is 0 Å². The Morgan fingerprint density at radius 3 is 2.68 bits per heavy atom. The molecule has 1 fully saturated rings. The Hall–Kier alpha value is -1.83. The van der Waals surface area contributed by atoms with Gasteiger partial charge in [0, 0.05) is 19.1 Å². The number of hydrogen-bond acceptors (Lipinski definition) is 6. The Bertz CT molecular complexity index is 464. The van der Waals surface area contributed by atoms with E-state index in [1.54, 1.807) is 0 Å². The van der Waals surface area contributed by atoms with Crippen LogP contribution < -0.4 is 10.1 Å². The lowest BCUT2D eigenvalue weighted by Crippen LogP contribution is -2.41. The van der Waals surface area contributed by atoms with Gasteiger partial charge in [-0.2, -0.15) is 15.0 Å². The Kier molecular flexibility index (Phi) is 4.20. The van der Waals surface area contributed by atoms with Crippen LogP contribution in [-0.2, 0) is 0 Å². The second-order valence-corrected chi connectivity index (χ2v) is 4.44. The first-order valence-corrected chi connectivity index (χ1v) is 6.16. The summed E-state index contributed by atoms with van der Waals surface area (Å²) in [6, 6.07) is 0.254. The topological polar surface area (TPSA) is 100 Å². The van der Waals surface area contributed by atoms with E-state index in [-0.39, 0.29) is 17.3 Å². The molecule has 2 N–H and O–H groups in total. The van der Waals surface area contributed by atoms with Gasteiger partial charge >= 0.3 is 12.1 Å². The predicted molar refractivity (Wildman–Crippen MR) is 67.6 cm³/mol. The molecule has 1 aliphatic rings. The number of amides is 1. The van der Waals surface area contributed by atoms with Crippen molar-refractivity contribution in [3.8, 4) is 6.01 Å². The second-order valence-electron chi connectivity index (χ2n) is 4.10. The van der Waals surface area contributed by atoms with Crippen LogP contribution >= 0.6 is 11.6 Å². The van der Waals surface area contributed by atoms with E-state index in [1.807, 2.05) is 0 Å². The van der Waals surface area contributed by atoms with Crippen LogP contribution in [0.15, 0.2) is 0 Å². The van der Waals surface area contributed by atoms with Gasteiger partial charge in [-0.3, -0.25) is 0 Å². The minimum Gasteiger partial charge on any atom is -0.467 e. The van der Waals surface area contributed by atoms with E-state index in [9.17, 15) is 4.79 Å². The molecule has 1 aromatic rings. The lowest BCUT2D eigenvalue weighted by Gasteiger charge is -2.30. The summed E-state index contributed by atoms with van der Waals surface area (Å²) in [5.74, 6) is 0.339. The fraction of sp³-hybridized carbons (Fsp3) is 0.600. The van der Waals surface area contributed by atoms with Crippen molar-refractivity contribution in [3.63, 3.8) is 0 Å². The number of hydrogen-bond donors (Lipinski definition) is 2. The van der Waals surface area contributed by atoms with Crippen LogP contribution in [0, 0.1) is 0 Å². The van der Waals surface area contributed by atoms with E-state index in [0.29, 0.717) is 31.9 Å². The first kappa shape index (κ1) is 13.6. The van der Waals surface area contributed by atoms with Gasteiger partial charge in [0.05, 0.1) is 7.11 Å². The van der Waals surface area contributed by atoms with Gasteiger partial charge in [0.15, 0.2) is 0 Å². The highest BCUT2D eigenvalue weighted by atomic mass is 35.5. The normalized spacial score (nSPS) is 16.2. The first-order chi connectivity index (χ1) is 9.08. The van der Waals surface area contributed by atoms with Gasteiger partial charge in [-0.25, -0.2) is 4.79 Å². The van der Waals surface area contributed by atoms with Crippen molar-refractivity contribution in [2.45, 2.75) is 18.9 Å². The number of carbonyl (C=O) groups is 1. The smallest absolute Gasteiger partial charge is 0.407 e. The highest BCUT2D eigenvalue weighted by Crippen LogP contribution is 2.16. The number of aromatic nitrogens is 3. The van der Waals surface area contributed by atoms with Crippen molar-refractivity contribution >= 4 is 23.6 Å². The van der Waals surface area contributed by atoms with Crippen molar-refractivity contribution in [2.24, 2.45) is 0 Å². The lowest BCUT2D eigenvalue weighted by molar-refractivity contribution is 0.133. The number of likely N-dealkylation sites (tertiary alicyclic amines) is 1. The van der Waals surface area contributed by atoms with E-state index >= 15 is 0 Å². The average molecular weight is 288 g/mol. The summed E-state index contributed by atoms with van der Waals surface area (Å²) in [7, 11) is 1.45. The molecule has 104 valence electrons. The fourth-order valence-corrected chi connectivity index (χ4v) is 2.04. The highest BCUT2D eigenvalue weighted by Gasteiger charge is 2.22. The molecule has 0 radical (unpaired) electrons. The third kappa shape index (κ3) is 3.57. The second kappa shape index (κ2) is 5.87.